The van der Waals surface area contributed by atoms with E-state index in [1.54, 1.807) is 0 Å². The van der Waals surface area contributed by atoms with Gasteiger partial charge in [-0.25, -0.2) is 9.59 Å². The van der Waals surface area contributed by atoms with Crippen molar-refractivity contribution in [2.75, 3.05) is 13.1 Å². The lowest BCUT2D eigenvalue weighted by Crippen LogP contribution is -2.25. The molecule has 6 heteroatoms. The predicted molar refractivity (Wildman–Crippen MR) is 41.3 cm³/mol. The number of amides is 2. The van der Waals surface area contributed by atoms with Gasteiger partial charge in [0.25, 0.3) is 0 Å². The number of unbranched alkanes of at least 4 members (excludes halogenated alkanes) is 1. The maximum Gasteiger partial charge on any atom is 0.404 e. The van der Waals surface area contributed by atoms with E-state index in [1.165, 1.54) is 0 Å². The van der Waals surface area contributed by atoms with Crippen LogP contribution in [-0.4, -0.2) is 35.5 Å². The average molecular weight is 176 g/mol. The Hall–Kier alpha value is -1.46. The topological polar surface area (TPSA) is 98.7 Å². The summed E-state index contributed by atoms with van der Waals surface area (Å²) in [6.07, 6.45) is -0.846. The van der Waals surface area contributed by atoms with Crippen molar-refractivity contribution in [3.05, 3.63) is 0 Å². The van der Waals surface area contributed by atoms with E-state index < -0.39 is 12.2 Å². The van der Waals surface area contributed by atoms with Gasteiger partial charge in [-0.2, -0.15) is 0 Å². The van der Waals surface area contributed by atoms with Gasteiger partial charge in [-0.15, -0.1) is 0 Å². The molecule has 0 radical (unpaired) electrons. The van der Waals surface area contributed by atoms with Crippen molar-refractivity contribution in [1.29, 1.82) is 0 Å². The van der Waals surface area contributed by atoms with Gasteiger partial charge in [0.1, 0.15) is 0 Å². The Kier molecular flexibility index (Phi) is 5.50. The predicted octanol–water partition coefficient (Wildman–Crippen LogP) is 0.302. The van der Waals surface area contributed by atoms with Gasteiger partial charge >= 0.3 is 12.2 Å². The highest BCUT2D eigenvalue weighted by atomic mass is 16.4. The number of hydrogen-bond acceptors (Lipinski definition) is 2. The van der Waals surface area contributed by atoms with Crippen LogP contribution in [0.3, 0.4) is 0 Å². The molecule has 0 aromatic carbocycles. The highest BCUT2D eigenvalue weighted by Gasteiger charge is 1.94. The summed E-state index contributed by atoms with van der Waals surface area (Å²) < 4.78 is 0. The highest BCUT2D eigenvalue weighted by Crippen LogP contribution is 1.83. The summed E-state index contributed by atoms with van der Waals surface area (Å²) in [6, 6.07) is 0. The fraction of sp³-hybridized carbons (Fsp3) is 0.667. The Balaban J connectivity index is 3.01. The third-order valence-corrected chi connectivity index (χ3v) is 1.16. The van der Waals surface area contributed by atoms with E-state index in [4.69, 9.17) is 10.2 Å². The SMILES string of the molecule is O=C(O)NCCCCNC(=O)O. The number of carbonyl (C=O) groups is 2. The number of carboxylic acid groups (broad SMARTS) is 2. The molecule has 0 fully saturated rings. The van der Waals surface area contributed by atoms with E-state index in [-0.39, 0.29) is 0 Å². The van der Waals surface area contributed by atoms with Crippen LogP contribution in [-0.2, 0) is 0 Å². The summed E-state index contributed by atoms with van der Waals surface area (Å²) in [5.74, 6) is 0. The quantitative estimate of drug-likeness (QED) is 0.453. The molecule has 0 bridgehead atoms. The van der Waals surface area contributed by atoms with E-state index in [9.17, 15) is 9.59 Å². The molecule has 0 aromatic heterocycles. The zero-order valence-corrected chi connectivity index (χ0v) is 6.54. The molecule has 0 saturated heterocycles. The lowest BCUT2D eigenvalue weighted by molar-refractivity contribution is 0.191. The monoisotopic (exact) mass is 176 g/mol. The van der Waals surface area contributed by atoms with Crippen LogP contribution in [0.4, 0.5) is 9.59 Å². The first-order valence-corrected chi connectivity index (χ1v) is 3.56. The molecule has 0 aliphatic carbocycles. The van der Waals surface area contributed by atoms with E-state index >= 15 is 0 Å². The van der Waals surface area contributed by atoms with Gasteiger partial charge in [-0.3, -0.25) is 0 Å². The maximum absolute atomic E-state index is 9.92. The molecule has 0 aromatic rings. The van der Waals surface area contributed by atoms with Crippen LogP contribution in [0.2, 0.25) is 0 Å². The number of rotatable bonds is 5. The largest absolute Gasteiger partial charge is 0.465 e. The molecule has 0 rings (SSSR count). The zero-order chi connectivity index (χ0) is 9.40. The van der Waals surface area contributed by atoms with Crippen molar-refractivity contribution in [2.45, 2.75) is 12.8 Å². The van der Waals surface area contributed by atoms with Crippen LogP contribution in [0.1, 0.15) is 12.8 Å². The fourth-order valence-electron chi connectivity index (χ4n) is 0.641. The molecule has 12 heavy (non-hydrogen) atoms. The Morgan fingerprint density at radius 3 is 1.50 bits per heavy atom. The summed E-state index contributed by atoms with van der Waals surface area (Å²) in [4.78, 5) is 19.8. The van der Waals surface area contributed by atoms with Crippen molar-refractivity contribution in [3.8, 4) is 0 Å². The second kappa shape index (κ2) is 6.26. The van der Waals surface area contributed by atoms with Gasteiger partial charge in [-0.1, -0.05) is 0 Å². The van der Waals surface area contributed by atoms with E-state index in [0.29, 0.717) is 25.9 Å². The summed E-state index contributed by atoms with van der Waals surface area (Å²) in [6.45, 7) is 0.716. The smallest absolute Gasteiger partial charge is 0.404 e. The molecule has 2 amide bonds. The van der Waals surface area contributed by atoms with E-state index in [2.05, 4.69) is 10.6 Å². The van der Waals surface area contributed by atoms with Gasteiger partial charge in [0, 0.05) is 13.1 Å². The summed E-state index contributed by atoms with van der Waals surface area (Å²) in [7, 11) is 0. The maximum atomic E-state index is 9.92. The van der Waals surface area contributed by atoms with Crippen molar-refractivity contribution in [1.82, 2.24) is 10.6 Å². The van der Waals surface area contributed by atoms with E-state index in [1.807, 2.05) is 0 Å². The van der Waals surface area contributed by atoms with Crippen LogP contribution in [0.15, 0.2) is 0 Å². The minimum Gasteiger partial charge on any atom is -0.465 e. The van der Waals surface area contributed by atoms with Crippen molar-refractivity contribution < 1.29 is 19.8 Å². The normalized spacial score (nSPS) is 9.00. The molecule has 0 atom stereocenters. The summed E-state index contributed by atoms with van der Waals surface area (Å²) >= 11 is 0. The van der Waals surface area contributed by atoms with E-state index in [0.717, 1.165) is 0 Å². The Morgan fingerprint density at radius 2 is 1.25 bits per heavy atom. The molecule has 0 spiro atoms. The standard InChI is InChI=1S/C6H12N2O4/c9-5(10)7-3-1-2-4-8-6(11)12/h7-8H,1-4H2,(H,9,10)(H,11,12). The van der Waals surface area contributed by atoms with Gasteiger partial charge in [0.15, 0.2) is 0 Å². The third kappa shape index (κ3) is 8.54. The minimum absolute atomic E-state index is 0.358. The van der Waals surface area contributed by atoms with Gasteiger partial charge in [0.2, 0.25) is 0 Å². The molecule has 4 N–H and O–H groups in total. The number of hydrogen-bond donors (Lipinski definition) is 4. The first-order chi connectivity index (χ1) is 5.63. The molecule has 0 unspecified atom stereocenters. The van der Waals surface area contributed by atoms with Crippen LogP contribution >= 0.6 is 0 Å². The molecule has 0 saturated carbocycles. The van der Waals surface area contributed by atoms with Gasteiger partial charge in [0.05, 0.1) is 0 Å². The molecule has 6 nitrogen and oxygen atoms in total. The van der Waals surface area contributed by atoms with Crippen molar-refractivity contribution in [2.24, 2.45) is 0 Å². The van der Waals surface area contributed by atoms with Crippen LogP contribution in [0.25, 0.3) is 0 Å². The second-order valence-electron chi connectivity index (χ2n) is 2.17. The zero-order valence-electron chi connectivity index (χ0n) is 6.54. The average Bonchev–Trinajstić information content (AvgIpc) is 1.95. The number of nitrogens with one attached hydrogen (secondary N) is 2. The third-order valence-electron chi connectivity index (χ3n) is 1.16. The summed E-state index contributed by atoms with van der Waals surface area (Å²) in [5.41, 5.74) is 0. The molecular formula is C6H12N2O4. The second-order valence-corrected chi connectivity index (χ2v) is 2.17. The molecule has 70 valence electrons. The van der Waals surface area contributed by atoms with Gasteiger partial charge < -0.3 is 20.8 Å². The van der Waals surface area contributed by atoms with Crippen LogP contribution in [0.5, 0.6) is 0 Å². The Labute approximate surface area is 69.6 Å². The highest BCUT2D eigenvalue weighted by molar-refractivity contribution is 5.64. The molecule has 0 aliphatic rings. The molecule has 0 aliphatic heterocycles. The minimum atomic E-state index is -1.05. The Bertz CT molecular complexity index is 142. The lowest BCUT2D eigenvalue weighted by atomic mass is 10.3. The molecule has 0 heterocycles. The van der Waals surface area contributed by atoms with Crippen molar-refractivity contribution >= 4 is 12.2 Å². The fourth-order valence-corrected chi connectivity index (χ4v) is 0.641. The molecular weight excluding hydrogens is 164 g/mol. The van der Waals surface area contributed by atoms with Crippen molar-refractivity contribution in [3.63, 3.8) is 0 Å². The first kappa shape index (κ1) is 10.5. The van der Waals surface area contributed by atoms with Crippen LogP contribution < -0.4 is 10.6 Å². The Morgan fingerprint density at radius 1 is 0.917 bits per heavy atom. The van der Waals surface area contributed by atoms with Gasteiger partial charge in [-0.05, 0) is 12.8 Å². The van der Waals surface area contributed by atoms with Crippen LogP contribution in [0, 0.1) is 0 Å². The lowest BCUT2D eigenvalue weighted by Gasteiger charge is -2.00. The summed E-state index contributed by atoms with van der Waals surface area (Å²) in [5, 5.41) is 20.6. The first-order valence-electron chi connectivity index (χ1n) is 3.56.